The number of aromatic nitrogens is 1. The fourth-order valence-corrected chi connectivity index (χ4v) is 4.70. The van der Waals surface area contributed by atoms with Gasteiger partial charge in [0.15, 0.2) is 5.01 Å². The monoisotopic (exact) mass is 415 g/mol. The Morgan fingerprint density at radius 2 is 2.07 bits per heavy atom. The molecule has 8 heteroatoms. The van der Waals surface area contributed by atoms with Crippen LogP contribution in [0.5, 0.6) is 0 Å². The summed E-state index contributed by atoms with van der Waals surface area (Å²) >= 11 is 1.29. The van der Waals surface area contributed by atoms with Gasteiger partial charge in [-0.2, -0.15) is 0 Å². The smallest absolute Gasteiger partial charge is 0.408 e. The molecule has 1 saturated heterocycles. The Bertz CT molecular complexity index is 941. The standard InChI is InChI=1S/C21H25N3O4S/c1-20(2,3)28-19(27)23-14(10-12-11-21(8-9-21)24-17(12)26)16(25)18-22-13-6-4-5-7-15(13)29-18/h4-7,12,14H,8-11H2,1-3H3,(H,23,27)(H,24,26)/t12?,14-/m0/s1. The predicted molar refractivity (Wildman–Crippen MR) is 110 cm³/mol. The molecule has 2 atom stereocenters. The Morgan fingerprint density at radius 1 is 1.34 bits per heavy atom. The molecule has 29 heavy (non-hydrogen) atoms. The summed E-state index contributed by atoms with van der Waals surface area (Å²) in [5, 5.41) is 6.06. The van der Waals surface area contributed by atoms with E-state index < -0.39 is 17.7 Å². The molecular weight excluding hydrogens is 390 g/mol. The van der Waals surface area contributed by atoms with E-state index in [-0.39, 0.29) is 29.6 Å². The molecule has 2 N–H and O–H groups in total. The minimum Gasteiger partial charge on any atom is -0.444 e. The van der Waals surface area contributed by atoms with Gasteiger partial charge in [0.05, 0.1) is 16.3 Å². The summed E-state index contributed by atoms with van der Waals surface area (Å²) in [6.45, 7) is 5.29. The SMILES string of the molecule is CC(C)(C)OC(=O)N[C@@H](CC1CC2(CC2)NC1=O)C(=O)c1nc2ccccc2s1. The molecule has 2 aromatic rings. The van der Waals surface area contributed by atoms with Crippen LogP contribution in [0.3, 0.4) is 0 Å². The zero-order valence-corrected chi connectivity index (χ0v) is 17.6. The van der Waals surface area contributed by atoms with Gasteiger partial charge < -0.3 is 15.4 Å². The number of ether oxygens (including phenoxy) is 1. The van der Waals surface area contributed by atoms with E-state index in [0.717, 1.165) is 23.1 Å². The van der Waals surface area contributed by atoms with E-state index in [9.17, 15) is 14.4 Å². The number of hydrogen-bond donors (Lipinski definition) is 2. The minimum atomic E-state index is -0.866. The normalized spacial score (nSPS) is 21.1. The third-order valence-corrected chi connectivity index (χ3v) is 6.33. The number of para-hydroxylation sites is 1. The molecule has 154 valence electrons. The van der Waals surface area contributed by atoms with Gasteiger partial charge in [-0.3, -0.25) is 9.59 Å². The van der Waals surface area contributed by atoms with Gasteiger partial charge in [-0.05, 0) is 58.6 Å². The molecule has 1 aliphatic heterocycles. The fourth-order valence-electron chi connectivity index (χ4n) is 3.74. The molecule has 1 aromatic carbocycles. The molecule has 1 aromatic heterocycles. The van der Waals surface area contributed by atoms with Crippen molar-refractivity contribution >= 4 is 39.3 Å². The van der Waals surface area contributed by atoms with Crippen LogP contribution in [-0.2, 0) is 9.53 Å². The molecule has 2 aliphatic rings. The van der Waals surface area contributed by atoms with Crippen LogP contribution in [0, 0.1) is 5.92 Å². The van der Waals surface area contributed by atoms with Crippen molar-refractivity contribution in [2.24, 2.45) is 5.92 Å². The second-order valence-corrected chi connectivity index (χ2v) is 9.99. The first-order valence-electron chi connectivity index (χ1n) is 9.85. The molecule has 1 unspecified atom stereocenters. The minimum absolute atomic E-state index is 0.0458. The summed E-state index contributed by atoms with van der Waals surface area (Å²) in [4.78, 5) is 42.4. The van der Waals surface area contributed by atoms with Crippen molar-refractivity contribution in [1.29, 1.82) is 0 Å². The Labute approximate surface area is 173 Å². The zero-order valence-electron chi connectivity index (χ0n) is 16.8. The van der Waals surface area contributed by atoms with E-state index in [1.165, 1.54) is 11.3 Å². The maximum absolute atomic E-state index is 13.2. The fraction of sp³-hybridized carbons (Fsp3) is 0.524. The lowest BCUT2D eigenvalue weighted by molar-refractivity contribution is -0.122. The van der Waals surface area contributed by atoms with E-state index in [1.807, 2.05) is 24.3 Å². The number of benzene rings is 1. The number of fused-ring (bicyclic) bond motifs is 1. The number of carbonyl (C=O) groups is 3. The third-order valence-electron chi connectivity index (χ3n) is 5.28. The van der Waals surface area contributed by atoms with Gasteiger partial charge in [0, 0.05) is 11.5 Å². The first-order chi connectivity index (χ1) is 13.6. The number of amides is 2. The van der Waals surface area contributed by atoms with E-state index in [2.05, 4.69) is 15.6 Å². The molecule has 4 rings (SSSR count). The van der Waals surface area contributed by atoms with Gasteiger partial charge in [0.25, 0.3) is 0 Å². The van der Waals surface area contributed by atoms with Crippen LogP contribution < -0.4 is 10.6 Å². The Kier molecular flexibility index (Phi) is 4.85. The van der Waals surface area contributed by atoms with Crippen LogP contribution in [0.25, 0.3) is 10.2 Å². The second kappa shape index (κ2) is 7.09. The summed E-state index contributed by atoms with van der Waals surface area (Å²) < 4.78 is 6.24. The lowest BCUT2D eigenvalue weighted by Crippen LogP contribution is -2.45. The third kappa shape index (κ3) is 4.42. The van der Waals surface area contributed by atoms with Crippen LogP contribution >= 0.6 is 11.3 Å². The number of rotatable bonds is 5. The number of carbonyl (C=O) groups excluding carboxylic acids is 3. The van der Waals surface area contributed by atoms with Gasteiger partial charge in [-0.25, -0.2) is 9.78 Å². The summed E-state index contributed by atoms with van der Waals surface area (Å²) in [5.41, 5.74) is -0.0274. The summed E-state index contributed by atoms with van der Waals surface area (Å²) in [7, 11) is 0. The Hall–Kier alpha value is -2.48. The van der Waals surface area contributed by atoms with Crippen molar-refractivity contribution in [1.82, 2.24) is 15.6 Å². The molecule has 0 radical (unpaired) electrons. The van der Waals surface area contributed by atoms with E-state index in [1.54, 1.807) is 20.8 Å². The number of alkyl carbamates (subject to hydrolysis) is 1. The summed E-state index contributed by atoms with van der Waals surface area (Å²) in [6, 6.07) is 6.64. The highest BCUT2D eigenvalue weighted by Crippen LogP contribution is 2.46. The Balaban J connectivity index is 1.55. The highest BCUT2D eigenvalue weighted by Gasteiger charge is 2.53. The quantitative estimate of drug-likeness (QED) is 0.729. The van der Waals surface area contributed by atoms with Gasteiger partial charge in [0.2, 0.25) is 11.7 Å². The van der Waals surface area contributed by atoms with Gasteiger partial charge in [-0.1, -0.05) is 12.1 Å². The first-order valence-corrected chi connectivity index (χ1v) is 10.7. The van der Waals surface area contributed by atoms with Gasteiger partial charge >= 0.3 is 6.09 Å². The van der Waals surface area contributed by atoms with Crippen molar-refractivity contribution in [2.75, 3.05) is 0 Å². The average Bonchev–Trinajstić information content (AvgIpc) is 3.11. The number of hydrogen-bond acceptors (Lipinski definition) is 6. The molecule has 0 bridgehead atoms. The van der Waals surface area contributed by atoms with E-state index >= 15 is 0 Å². The van der Waals surface area contributed by atoms with Crippen LogP contribution in [-0.4, -0.2) is 39.9 Å². The number of ketones is 1. The molecule has 7 nitrogen and oxygen atoms in total. The molecule has 2 fully saturated rings. The number of thiazole rings is 1. The molecule has 1 aliphatic carbocycles. The summed E-state index contributed by atoms with van der Waals surface area (Å²) in [5.74, 6) is -0.645. The van der Waals surface area contributed by atoms with Crippen LogP contribution in [0.2, 0.25) is 0 Å². The van der Waals surface area contributed by atoms with E-state index in [4.69, 9.17) is 4.74 Å². The van der Waals surface area contributed by atoms with Gasteiger partial charge in [0.1, 0.15) is 5.60 Å². The van der Waals surface area contributed by atoms with Crippen LogP contribution in [0.4, 0.5) is 4.79 Å². The maximum Gasteiger partial charge on any atom is 0.408 e. The average molecular weight is 416 g/mol. The van der Waals surface area contributed by atoms with E-state index in [0.29, 0.717) is 11.4 Å². The lowest BCUT2D eigenvalue weighted by Gasteiger charge is -2.23. The molecule has 1 spiro atoms. The Morgan fingerprint density at radius 3 is 2.69 bits per heavy atom. The largest absolute Gasteiger partial charge is 0.444 e. The number of nitrogens with zero attached hydrogens (tertiary/aromatic N) is 1. The highest BCUT2D eigenvalue weighted by molar-refractivity contribution is 7.20. The zero-order chi connectivity index (χ0) is 20.8. The molecule has 2 heterocycles. The van der Waals surface area contributed by atoms with Crippen molar-refractivity contribution < 1.29 is 19.1 Å². The molecule has 1 saturated carbocycles. The second-order valence-electron chi connectivity index (χ2n) is 8.96. The van der Waals surface area contributed by atoms with Crippen molar-refractivity contribution in [3.05, 3.63) is 29.3 Å². The maximum atomic E-state index is 13.2. The van der Waals surface area contributed by atoms with Crippen LogP contribution in [0.1, 0.15) is 56.3 Å². The highest BCUT2D eigenvalue weighted by atomic mass is 32.1. The first kappa shape index (κ1) is 19.8. The lowest BCUT2D eigenvalue weighted by atomic mass is 9.93. The molecule has 2 amide bonds. The predicted octanol–water partition coefficient (Wildman–Crippen LogP) is 3.43. The van der Waals surface area contributed by atoms with Gasteiger partial charge in [-0.15, -0.1) is 11.3 Å². The van der Waals surface area contributed by atoms with Crippen molar-refractivity contribution in [3.63, 3.8) is 0 Å². The number of nitrogens with one attached hydrogen (secondary N) is 2. The number of Topliss-reactive ketones (excluding diaryl/α,β-unsaturated/α-hetero) is 1. The van der Waals surface area contributed by atoms with Crippen LogP contribution in [0.15, 0.2) is 24.3 Å². The summed E-state index contributed by atoms with van der Waals surface area (Å²) in [6.07, 6.45) is 2.22. The molecular formula is C21H25N3O4S. The van der Waals surface area contributed by atoms with Crippen molar-refractivity contribution in [2.45, 2.75) is 63.6 Å². The van der Waals surface area contributed by atoms with Crippen molar-refractivity contribution in [3.8, 4) is 0 Å². The topological polar surface area (TPSA) is 97.4 Å².